The first-order chi connectivity index (χ1) is 21.1. The molecule has 3 aromatic carbocycles. The molecule has 0 saturated heterocycles. The molecule has 5 rings (SSSR count). The second kappa shape index (κ2) is 13.0. The van der Waals surface area contributed by atoms with E-state index in [9.17, 15) is 19.1 Å². The van der Waals surface area contributed by atoms with Crippen molar-refractivity contribution in [3.63, 3.8) is 0 Å². The van der Waals surface area contributed by atoms with Gasteiger partial charge in [0.25, 0.3) is 5.91 Å². The number of amides is 1. The van der Waals surface area contributed by atoms with Crippen molar-refractivity contribution in [1.82, 2.24) is 19.9 Å². The van der Waals surface area contributed by atoms with E-state index in [2.05, 4.69) is 20.7 Å². The zero-order chi connectivity index (χ0) is 31.3. The molecule has 0 saturated carbocycles. The van der Waals surface area contributed by atoms with Crippen molar-refractivity contribution in [2.24, 2.45) is 0 Å². The number of carbonyl (C=O) groups excluding carboxylic acids is 2. The minimum absolute atomic E-state index is 0.0598. The maximum absolute atomic E-state index is 13.1. The molecule has 1 amide bonds. The molecule has 0 aliphatic rings. The van der Waals surface area contributed by atoms with Crippen LogP contribution in [0.25, 0.3) is 16.8 Å². The molecule has 0 bridgehead atoms. The van der Waals surface area contributed by atoms with E-state index in [1.807, 2.05) is 49.5 Å². The molecule has 9 nitrogen and oxygen atoms in total. The van der Waals surface area contributed by atoms with Crippen LogP contribution in [0.15, 0.2) is 85.1 Å². The average Bonchev–Trinajstić information content (AvgIpc) is 3.40. The Bertz CT molecular complexity index is 1780. The number of benzene rings is 3. The Labute approximate surface area is 254 Å². The molecule has 5 aromatic rings. The highest BCUT2D eigenvalue weighted by molar-refractivity contribution is 5.95. The molecule has 3 N–H and O–H groups in total. The van der Waals surface area contributed by atoms with E-state index in [-0.39, 0.29) is 30.5 Å². The van der Waals surface area contributed by atoms with Crippen LogP contribution >= 0.6 is 0 Å². The fraction of sp³-hybridized carbons (Fsp3) is 0.235. The lowest BCUT2D eigenvalue weighted by molar-refractivity contribution is -0.117. The van der Waals surface area contributed by atoms with E-state index >= 15 is 0 Å². The third kappa shape index (κ3) is 7.84. The Balaban J connectivity index is 1.26. The third-order valence-electron chi connectivity index (χ3n) is 6.81. The zero-order valence-electron chi connectivity index (χ0n) is 24.8. The van der Waals surface area contributed by atoms with E-state index in [1.165, 1.54) is 12.1 Å². The number of hydrogen-bond donors (Lipinski definition) is 3. The first kappa shape index (κ1) is 30.4. The standard InChI is InChI=1S/C34H34FN5O4/c1-4-44-30-19-25(32(42)36-21-34(2,3)43)11-15-29(30)37-33-38-31-16-12-26(20-40(31)39-33)24-9-5-22(6-10-24)17-28(41)18-23-7-13-27(35)14-8-23/h5-16,19-20,43H,4,17-18,21H2,1-3H3,(H,36,42)(H,37,39). The van der Waals surface area contributed by atoms with Gasteiger partial charge in [-0.1, -0.05) is 36.4 Å². The van der Waals surface area contributed by atoms with Crippen LogP contribution in [0.3, 0.4) is 0 Å². The number of ether oxygens (including phenoxy) is 1. The Morgan fingerprint density at radius 2 is 1.59 bits per heavy atom. The van der Waals surface area contributed by atoms with Crippen molar-refractivity contribution in [1.29, 1.82) is 0 Å². The normalized spacial score (nSPS) is 11.4. The molecule has 0 unspecified atom stereocenters. The van der Waals surface area contributed by atoms with Crippen molar-refractivity contribution in [2.75, 3.05) is 18.5 Å². The van der Waals surface area contributed by atoms with E-state index in [1.54, 1.807) is 48.7 Å². The Morgan fingerprint density at radius 3 is 2.25 bits per heavy atom. The summed E-state index contributed by atoms with van der Waals surface area (Å²) < 4.78 is 20.6. The molecular formula is C34H34FN5O4. The molecule has 0 atom stereocenters. The SMILES string of the molecule is CCOc1cc(C(=O)NCC(C)(C)O)ccc1Nc1nc2ccc(-c3ccc(CC(=O)Cc4ccc(F)cc4)cc3)cn2n1. The Hall–Kier alpha value is -5.09. The molecule has 0 aliphatic heterocycles. The zero-order valence-corrected chi connectivity index (χ0v) is 24.8. The number of rotatable bonds is 12. The van der Waals surface area contributed by atoms with E-state index in [0.717, 1.165) is 22.3 Å². The Morgan fingerprint density at radius 1 is 0.932 bits per heavy atom. The van der Waals surface area contributed by atoms with Gasteiger partial charge in [0.1, 0.15) is 17.3 Å². The third-order valence-corrected chi connectivity index (χ3v) is 6.81. The lowest BCUT2D eigenvalue weighted by atomic mass is 10.0. The summed E-state index contributed by atoms with van der Waals surface area (Å²) in [6, 6.07) is 22.6. The smallest absolute Gasteiger partial charge is 0.251 e. The van der Waals surface area contributed by atoms with Crippen molar-refractivity contribution >= 4 is 29.0 Å². The second-order valence-corrected chi connectivity index (χ2v) is 11.1. The summed E-state index contributed by atoms with van der Waals surface area (Å²) in [5.41, 5.74) is 4.20. The topological polar surface area (TPSA) is 118 Å². The molecular weight excluding hydrogens is 561 g/mol. The summed E-state index contributed by atoms with van der Waals surface area (Å²) in [4.78, 5) is 29.7. The number of nitrogens with one attached hydrogen (secondary N) is 2. The molecule has 10 heteroatoms. The quantitative estimate of drug-likeness (QED) is 0.174. The predicted octanol–water partition coefficient (Wildman–Crippen LogP) is 5.53. The molecule has 0 fully saturated rings. The van der Waals surface area contributed by atoms with Gasteiger partial charge in [-0.3, -0.25) is 9.59 Å². The minimum Gasteiger partial charge on any atom is -0.492 e. The summed E-state index contributed by atoms with van der Waals surface area (Å²) in [5.74, 6) is 0.255. The number of anilines is 2. The molecule has 44 heavy (non-hydrogen) atoms. The van der Waals surface area contributed by atoms with E-state index in [4.69, 9.17) is 4.74 Å². The second-order valence-electron chi connectivity index (χ2n) is 11.1. The maximum atomic E-state index is 13.1. The molecule has 0 aliphatic carbocycles. The average molecular weight is 596 g/mol. The highest BCUT2D eigenvalue weighted by Gasteiger charge is 2.17. The molecule has 226 valence electrons. The van der Waals surface area contributed by atoms with Gasteiger partial charge in [0.2, 0.25) is 5.95 Å². The number of Topliss-reactive ketones (excluding diaryl/α,β-unsaturated/α-hetero) is 1. The predicted molar refractivity (Wildman–Crippen MR) is 167 cm³/mol. The van der Waals surface area contributed by atoms with E-state index in [0.29, 0.717) is 41.6 Å². The first-order valence-electron chi connectivity index (χ1n) is 14.3. The van der Waals surface area contributed by atoms with Gasteiger partial charge in [0, 0.05) is 36.7 Å². The number of hydrogen-bond acceptors (Lipinski definition) is 7. The van der Waals surface area contributed by atoms with Crippen LogP contribution in [0, 0.1) is 5.82 Å². The van der Waals surface area contributed by atoms with Crippen LogP contribution < -0.4 is 15.4 Å². The lowest BCUT2D eigenvalue weighted by Gasteiger charge is -2.18. The van der Waals surface area contributed by atoms with Gasteiger partial charge in [-0.05, 0) is 79.9 Å². The Kier molecular flexibility index (Phi) is 9.01. The number of carbonyl (C=O) groups is 2. The summed E-state index contributed by atoms with van der Waals surface area (Å²) in [5, 5.41) is 20.4. The lowest BCUT2D eigenvalue weighted by Crippen LogP contribution is -2.38. The molecule has 0 spiro atoms. The molecule has 0 radical (unpaired) electrons. The number of nitrogens with zero attached hydrogens (tertiary/aromatic N) is 3. The number of halogens is 1. The number of fused-ring (bicyclic) bond motifs is 1. The number of aliphatic hydroxyl groups is 1. The molecule has 2 aromatic heterocycles. The summed E-state index contributed by atoms with van der Waals surface area (Å²) in [6.07, 6.45) is 2.43. The van der Waals surface area contributed by atoms with Gasteiger partial charge in [-0.2, -0.15) is 4.98 Å². The van der Waals surface area contributed by atoms with Crippen LogP contribution in [0.2, 0.25) is 0 Å². The highest BCUT2D eigenvalue weighted by Crippen LogP contribution is 2.29. The first-order valence-corrected chi connectivity index (χ1v) is 14.3. The largest absolute Gasteiger partial charge is 0.492 e. The van der Waals surface area contributed by atoms with Gasteiger partial charge < -0.3 is 20.5 Å². The van der Waals surface area contributed by atoms with Gasteiger partial charge in [-0.15, -0.1) is 5.10 Å². The van der Waals surface area contributed by atoms with Crippen LogP contribution in [-0.2, 0) is 17.6 Å². The summed E-state index contributed by atoms with van der Waals surface area (Å²) >= 11 is 0. The summed E-state index contributed by atoms with van der Waals surface area (Å²) in [7, 11) is 0. The van der Waals surface area contributed by atoms with Crippen LogP contribution in [0.5, 0.6) is 5.75 Å². The number of ketones is 1. The van der Waals surface area contributed by atoms with Gasteiger partial charge >= 0.3 is 0 Å². The number of pyridine rings is 1. The molecule has 2 heterocycles. The monoisotopic (exact) mass is 595 g/mol. The fourth-order valence-electron chi connectivity index (χ4n) is 4.60. The van der Waals surface area contributed by atoms with Crippen molar-refractivity contribution in [3.05, 3.63) is 108 Å². The van der Waals surface area contributed by atoms with Crippen molar-refractivity contribution < 1.29 is 23.8 Å². The van der Waals surface area contributed by atoms with Crippen LogP contribution in [0.4, 0.5) is 16.0 Å². The van der Waals surface area contributed by atoms with E-state index < -0.39 is 5.60 Å². The van der Waals surface area contributed by atoms with Gasteiger partial charge in [-0.25, -0.2) is 8.91 Å². The minimum atomic E-state index is -1.02. The van der Waals surface area contributed by atoms with Gasteiger partial charge in [0.15, 0.2) is 5.65 Å². The van der Waals surface area contributed by atoms with Gasteiger partial charge in [0.05, 0.1) is 17.9 Å². The highest BCUT2D eigenvalue weighted by atomic mass is 19.1. The van der Waals surface area contributed by atoms with Crippen molar-refractivity contribution in [2.45, 2.75) is 39.2 Å². The maximum Gasteiger partial charge on any atom is 0.251 e. The number of aromatic nitrogens is 3. The summed E-state index contributed by atoms with van der Waals surface area (Å²) in [6.45, 7) is 5.61. The van der Waals surface area contributed by atoms with Crippen LogP contribution in [0.1, 0.15) is 42.3 Å². The van der Waals surface area contributed by atoms with Crippen LogP contribution in [-0.4, -0.2) is 50.1 Å². The fourth-order valence-corrected chi connectivity index (χ4v) is 4.60. The van der Waals surface area contributed by atoms with Crippen molar-refractivity contribution in [3.8, 4) is 16.9 Å².